The Hall–Kier alpha value is -0.530. The van der Waals surface area contributed by atoms with Crippen molar-refractivity contribution in [3.8, 4) is 0 Å². The molecule has 1 amide bonds. The number of amides is 1. The summed E-state index contributed by atoms with van der Waals surface area (Å²) < 4.78 is 25.4. The quantitative estimate of drug-likeness (QED) is 0.583. The van der Waals surface area contributed by atoms with Gasteiger partial charge in [-0.15, -0.1) is 23.2 Å². The van der Waals surface area contributed by atoms with Crippen molar-refractivity contribution in [2.45, 2.75) is 22.6 Å². The number of hydrogen-bond acceptors (Lipinski definition) is 3. The van der Waals surface area contributed by atoms with E-state index in [1.807, 2.05) is 0 Å². The highest BCUT2D eigenvalue weighted by Gasteiger charge is 2.67. The van der Waals surface area contributed by atoms with Crippen LogP contribution in [0.4, 0.5) is 0 Å². The molecule has 122 valence electrons. The van der Waals surface area contributed by atoms with E-state index in [0.29, 0.717) is 11.4 Å². The van der Waals surface area contributed by atoms with Crippen molar-refractivity contribution in [3.05, 3.63) is 29.3 Å². The van der Waals surface area contributed by atoms with Gasteiger partial charge in [0.1, 0.15) is 4.33 Å². The van der Waals surface area contributed by atoms with Crippen molar-refractivity contribution in [1.29, 1.82) is 0 Å². The Morgan fingerprint density at radius 3 is 2.50 bits per heavy atom. The second-order valence-electron chi connectivity index (χ2n) is 5.32. The highest BCUT2D eigenvalue weighted by molar-refractivity contribution is 7.89. The number of sulfonamides is 1. The molecule has 0 heterocycles. The summed E-state index contributed by atoms with van der Waals surface area (Å²) in [5.41, 5.74) is -0.818. The molecule has 1 aliphatic rings. The Bertz CT molecular complexity index is 694. The maximum absolute atomic E-state index is 12.0. The van der Waals surface area contributed by atoms with Crippen molar-refractivity contribution in [1.82, 2.24) is 10.0 Å². The fraction of sp³-hybridized carbons (Fsp3) is 0.462. The van der Waals surface area contributed by atoms with Gasteiger partial charge in [0.15, 0.2) is 0 Å². The second-order valence-corrected chi connectivity index (χ2v) is 9.01. The molecule has 0 saturated heterocycles. The molecule has 0 radical (unpaired) electrons. The van der Waals surface area contributed by atoms with Crippen molar-refractivity contribution in [3.63, 3.8) is 0 Å². The number of benzene rings is 1. The van der Waals surface area contributed by atoms with E-state index in [4.69, 9.17) is 34.8 Å². The van der Waals surface area contributed by atoms with Gasteiger partial charge in [0.25, 0.3) is 0 Å². The van der Waals surface area contributed by atoms with E-state index >= 15 is 0 Å². The molecule has 2 rings (SSSR count). The predicted octanol–water partition coefficient (Wildman–Crippen LogP) is 2.32. The number of nitrogens with one attached hydrogen (secondary N) is 2. The van der Waals surface area contributed by atoms with Gasteiger partial charge in [0.05, 0.1) is 10.3 Å². The Morgan fingerprint density at radius 2 is 1.95 bits per heavy atom. The SMILES string of the molecule is CC1(C(=O)NCCNS(=O)(=O)c2cccc(Cl)c2)CC1(Cl)Cl. The van der Waals surface area contributed by atoms with Gasteiger partial charge in [0.2, 0.25) is 15.9 Å². The summed E-state index contributed by atoms with van der Waals surface area (Å²) in [6.45, 7) is 1.85. The number of alkyl halides is 2. The summed E-state index contributed by atoms with van der Waals surface area (Å²) in [5, 5.41) is 2.95. The number of halogens is 3. The van der Waals surface area contributed by atoms with E-state index in [2.05, 4.69) is 10.0 Å². The van der Waals surface area contributed by atoms with E-state index in [1.165, 1.54) is 12.1 Å². The van der Waals surface area contributed by atoms with Gasteiger partial charge >= 0.3 is 0 Å². The third-order valence-electron chi connectivity index (χ3n) is 3.57. The van der Waals surface area contributed by atoms with Gasteiger partial charge in [-0.2, -0.15) is 0 Å². The molecule has 22 heavy (non-hydrogen) atoms. The average Bonchev–Trinajstić information content (AvgIpc) is 2.95. The number of carbonyl (C=O) groups is 1. The molecule has 1 aliphatic carbocycles. The maximum Gasteiger partial charge on any atom is 0.240 e. The lowest BCUT2D eigenvalue weighted by Gasteiger charge is -2.13. The zero-order valence-corrected chi connectivity index (χ0v) is 14.8. The first-order valence-electron chi connectivity index (χ1n) is 6.50. The maximum atomic E-state index is 12.0. The van der Waals surface area contributed by atoms with Crippen LogP contribution < -0.4 is 10.0 Å². The molecule has 1 aromatic carbocycles. The van der Waals surface area contributed by atoms with Crippen molar-refractivity contribution in [2.24, 2.45) is 5.41 Å². The smallest absolute Gasteiger partial charge is 0.240 e. The van der Waals surface area contributed by atoms with Crippen LogP contribution >= 0.6 is 34.8 Å². The van der Waals surface area contributed by atoms with Crippen molar-refractivity contribution < 1.29 is 13.2 Å². The van der Waals surface area contributed by atoms with Crippen LogP contribution in [0, 0.1) is 5.41 Å². The molecule has 0 spiro atoms. The largest absolute Gasteiger partial charge is 0.354 e. The van der Waals surface area contributed by atoms with Crippen molar-refractivity contribution >= 4 is 50.7 Å². The van der Waals surface area contributed by atoms with Crippen LogP contribution in [0.5, 0.6) is 0 Å². The van der Waals surface area contributed by atoms with E-state index in [9.17, 15) is 13.2 Å². The van der Waals surface area contributed by atoms with Crippen LogP contribution in [0.3, 0.4) is 0 Å². The lowest BCUT2D eigenvalue weighted by molar-refractivity contribution is -0.125. The third-order valence-corrected chi connectivity index (χ3v) is 6.36. The fourth-order valence-electron chi connectivity index (χ4n) is 1.92. The first kappa shape index (κ1) is 17.8. The van der Waals surface area contributed by atoms with Crippen LogP contribution in [-0.4, -0.2) is 31.7 Å². The molecule has 1 fully saturated rings. The number of rotatable bonds is 6. The molecule has 0 aromatic heterocycles. The Labute approximate surface area is 144 Å². The molecule has 1 unspecified atom stereocenters. The minimum absolute atomic E-state index is 0.0498. The van der Waals surface area contributed by atoms with Crippen LogP contribution in [0.15, 0.2) is 29.2 Å². The fourth-order valence-corrected chi connectivity index (χ4v) is 3.96. The van der Waals surface area contributed by atoms with Gasteiger partial charge in [-0.25, -0.2) is 13.1 Å². The molecule has 1 saturated carbocycles. The summed E-state index contributed by atoms with van der Waals surface area (Å²) in [6.07, 6.45) is 0.378. The lowest BCUT2D eigenvalue weighted by Crippen LogP contribution is -2.39. The molecule has 0 bridgehead atoms. The predicted molar refractivity (Wildman–Crippen MR) is 86.8 cm³/mol. The van der Waals surface area contributed by atoms with Crippen molar-refractivity contribution in [2.75, 3.05) is 13.1 Å². The van der Waals surface area contributed by atoms with Crippen LogP contribution in [0.1, 0.15) is 13.3 Å². The molecule has 9 heteroatoms. The van der Waals surface area contributed by atoms with E-state index < -0.39 is 19.8 Å². The Morgan fingerprint density at radius 1 is 1.32 bits per heavy atom. The standard InChI is InChI=1S/C13H15Cl3N2O3S/c1-12(8-13(12,15)16)11(19)17-5-6-18-22(20,21)10-4-2-3-9(14)7-10/h2-4,7,18H,5-6,8H2,1H3,(H,17,19). The summed E-state index contributed by atoms with van der Waals surface area (Å²) >= 11 is 17.6. The van der Waals surface area contributed by atoms with Gasteiger partial charge in [-0.05, 0) is 31.5 Å². The third kappa shape index (κ3) is 3.68. The first-order valence-corrected chi connectivity index (χ1v) is 9.12. The summed E-state index contributed by atoms with van der Waals surface area (Å²) in [7, 11) is -3.66. The Balaban J connectivity index is 1.83. The highest BCUT2D eigenvalue weighted by Crippen LogP contribution is 2.63. The molecule has 2 N–H and O–H groups in total. The minimum Gasteiger partial charge on any atom is -0.354 e. The normalized spacial score (nSPS) is 23.1. The van der Waals surface area contributed by atoms with E-state index in [-0.39, 0.29) is 23.9 Å². The zero-order chi connectivity index (χ0) is 16.6. The molecular formula is C13H15Cl3N2O3S. The monoisotopic (exact) mass is 384 g/mol. The van der Waals surface area contributed by atoms with Crippen LogP contribution in [0.25, 0.3) is 0 Å². The number of carbonyl (C=O) groups excluding carboxylic acids is 1. The summed E-state index contributed by atoms with van der Waals surface area (Å²) in [6, 6.07) is 5.92. The van der Waals surface area contributed by atoms with E-state index in [0.717, 1.165) is 0 Å². The molecule has 5 nitrogen and oxygen atoms in total. The van der Waals surface area contributed by atoms with Crippen LogP contribution in [-0.2, 0) is 14.8 Å². The molecular weight excluding hydrogens is 371 g/mol. The lowest BCUT2D eigenvalue weighted by atomic mass is 10.1. The Kier molecular flexibility index (Phi) is 5.00. The second kappa shape index (κ2) is 6.17. The van der Waals surface area contributed by atoms with Crippen LogP contribution in [0.2, 0.25) is 5.02 Å². The summed E-state index contributed by atoms with van der Waals surface area (Å²) in [4.78, 5) is 12.0. The first-order chi connectivity index (χ1) is 10.1. The van der Waals surface area contributed by atoms with Gasteiger partial charge < -0.3 is 5.32 Å². The van der Waals surface area contributed by atoms with Gasteiger partial charge in [-0.1, -0.05) is 17.7 Å². The molecule has 1 aromatic rings. The highest BCUT2D eigenvalue weighted by atomic mass is 35.5. The van der Waals surface area contributed by atoms with Gasteiger partial charge in [-0.3, -0.25) is 4.79 Å². The van der Waals surface area contributed by atoms with Gasteiger partial charge in [0, 0.05) is 18.1 Å². The number of hydrogen-bond donors (Lipinski definition) is 2. The minimum atomic E-state index is -3.66. The zero-order valence-electron chi connectivity index (χ0n) is 11.7. The molecule has 1 atom stereocenters. The molecule has 0 aliphatic heterocycles. The average molecular weight is 386 g/mol. The summed E-state index contributed by atoms with van der Waals surface area (Å²) in [5.74, 6) is -0.292. The van der Waals surface area contributed by atoms with E-state index in [1.54, 1.807) is 19.1 Å². The topological polar surface area (TPSA) is 75.3 Å².